The Morgan fingerprint density at radius 3 is 2.56 bits per heavy atom. The number of carbonyl (C=O) groups is 1. The molecule has 0 amide bonds. The molecule has 0 spiro atoms. The van der Waals surface area contributed by atoms with Gasteiger partial charge in [0.2, 0.25) is 5.75 Å². The molecule has 0 fully saturated rings. The predicted molar refractivity (Wildman–Crippen MR) is 155 cm³/mol. The maximum Gasteiger partial charge on any atom is 0.344 e. The number of hydrogen-bond donors (Lipinski definition) is 1. The van der Waals surface area contributed by atoms with Crippen molar-refractivity contribution < 1.29 is 24.3 Å². The van der Waals surface area contributed by atoms with Crippen LogP contribution in [0.4, 0.5) is 5.69 Å². The number of para-hydroxylation sites is 2. The second-order valence-corrected chi connectivity index (χ2v) is 9.66. The van der Waals surface area contributed by atoms with Crippen LogP contribution in [-0.4, -0.2) is 44.6 Å². The highest BCUT2D eigenvalue weighted by molar-refractivity contribution is 5.87. The van der Waals surface area contributed by atoms with Gasteiger partial charge in [-0.25, -0.2) is 9.78 Å². The molecule has 0 bridgehead atoms. The quantitative estimate of drug-likeness (QED) is 0.152. The molecule has 0 saturated heterocycles. The van der Waals surface area contributed by atoms with Gasteiger partial charge in [0, 0.05) is 17.2 Å². The fourth-order valence-corrected chi connectivity index (χ4v) is 4.34. The minimum Gasteiger partial charge on any atom is -0.494 e. The summed E-state index contributed by atoms with van der Waals surface area (Å²) in [6.07, 6.45) is -0.143. The van der Waals surface area contributed by atoms with E-state index in [0.29, 0.717) is 23.1 Å². The van der Waals surface area contributed by atoms with Gasteiger partial charge in [0.15, 0.2) is 11.9 Å². The molecule has 0 aliphatic carbocycles. The second-order valence-electron chi connectivity index (χ2n) is 9.66. The minimum absolute atomic E-state index is 0.112. The van der Waals surface area contributed by atoms with Gasteiger partial charge in [0.1, 0.15) is 5.75 Å². The van der Waals surface area contributed by atoms with Crippen LogP contribution >= 0.6 is 0 Å². The molecule has 1 heterocycles. The number of benzene rings is 3. The van der Waals surface area contributed by atoms with Crippen molar-refractivity contribution in [3.05, 3.63) is 91.8 Å². The monoisotopic (exact) mass is 558 g/mol. The standard InChI is InChI=1S/C30H30N4O7/c1-6-40-26-14-18(4)23(15-22(26)17(2)3)28-32-24-12-8-7-11-21(24)29(35)33(28)31-16-20-10-9-13-25(34(38)39)27(20)41-19(5)30(36)37/h7-17,19H,6H2,1-5H3,(H,36,37)/t19-/m1/s1. The molecule has 1 N–H and O–H groups in total. The van der Waals surface area contributed by atoms with Gasteiger partial charge in [-0.3, -0.25) is 14.9 Å². The van der Waals surface area contributed by atoms with Crippen LogP contribution in [0.2, 0.25) is 0 Å². The molecule has 1 aromatic heterocycles. The number of fused-ring (bicyclic) bond motifs is 1. The van der Waals surface area contributed by atoms with Crippen LogP contribution in [0.3, 0.4) is 0 Å². The molecule has 4 rings (SSSR count). The van der Waals surface area contributed by atoms with E-state index >= 15 is 0 Å². The van der Waals surface area contributed by atoms with Crippen molar-refractivity contribution in [2.45, 2.75) is 46.6 Å². The van der Waals surface area contributed by atoms with Gasteiger partial charge in [0.05, 0.1) is 28.6 Å². The van der Waals surface area contributed by atoms with Crippen LogP contribution in [0.25, 0.3) is 22.3 Å². The molecular weight excluding hydrogens is 528 g/mol. The lowest BCUT2D eigenvalue weighted by molar-refractivity contribution is -0.386. The Bertz CT molecular complexity index is 1730. The number of nitro benzene ring substituents is 1. The van der Waals surface area contributed by atoms with E-state index < -0.39 is 28.2 Å². The van der Waals surface area contributed by atoms with Gasteiger partial charge in [-0.15, -0.1) is 0 Å². The van der Waals surface area contributed by atoms with E-state index in [-0.39, 0.29) is 23.1 Å². The van der Waals surface area contributed by atoms with Gasteiger partial charge >= 0.3 is 11.7 Å². The van der Waals surface area contributed by atoms with Crippen LogP contribution in [0, 0.1) is 17.0 Å². The minimum atomic E-state index is -1.37. The first kappa shape index (κ1) is 28.9. The van der Waals surface area contributed by atoms with Crippen LogP contribution < -0.4 is 15.0 Å². The normalized spacial score (nSPS) is 12.1. The zero-order chi connectivity index (χ0) is 29.8. The Morgan fingerprint density at radius 2 is 1.90 bits per heavy atom. The number of hydrogen-bond acceptors (Lipinski definition) is 8. The first-order valence-electron chi connectivity index (χ1n) is 13.0. The number of nitro groups is 1. The summed E-state index contributed by atoms with van der Waals surface area (Å²) in [5, 5.41) is 25.8. The SMILES string of the molecule is CCOc1cc(C)c(-c2nc3ccccc3c(=O)n2N=Cc2cccc([N+](=O)[O-])c2O[C@H](C)C(=O)O)cc1C(C)C. The molecule has 11 nitrogen and oxygen atoms in total. The second kappa shape index (κ2) is 12.0. The number of aliphatic carboxylic acids is 1. The number of carboxylic acid groups (broad SMARTS) is 1. The van der Waals surface area contributed by atoms with Gasteiger partial charge in [-0.05, 0) is 68.1 Å². The van der Waals surface area contributed by atoms with Gasteiger partial charge in [-0.2, -0.15) is 9.78 Å². The Balaban J connectivity index is 1.97. The van der Waals surface area contributed by atoms with Crippen molar-refractivity contribution in [1.29, 1.82) is 0 Å². The number of ether oxygens (including phenoxy) is 2. The zero-order valence-electron chi connectivity index (χ0n) is 23.3. The zero-order valence-corrected chi connectivity index (χ0v) is 23.3. The highest BCUT2D eigenvalue weighted by Gasteiger charge is 2.24. The lowest BCUT2D eigenvalue weighted by atomic mass is 9.96. The summed E-state index contributed by atoms with van der Waals surface area (Å²) in [5.41, 5.74) is 2.11. The summed E-state index contributed by atoms with van der Waals surface area (Å²) in [4.78, 5) is 41.0. The Labute approximate surface area is 235 Å². The first-order valence-corrected chi connectivity index (χ1v) is 13.0. The van der Waals surface area contributed by atoms with Crippen molar-refractivity contribution in [1.82, 2.24) is 9.66 Å². The highest BCUT2D eigenvalue weighted by Crippen LogP contribution is 2.35. The summed E-state index contributed by atoms with van der Waals surface area (Å²) in [7, 11) is 0. The fraction of sp³-hybridized carbons (Fsp3) is 0.267. The fourth-order valence-electron chi connectivity index (χ4n) is 4.34. The Morgan fingerprint density at radius 1 is 1.17 bits per heavy atom. The van der Waals surface area contributed by atoms with Crippen LogP contribution in [-0.2, 0) is 4.79 Å². The van der Waals surface area contributed by atoms with Gasteiger partial charge in [-0.1, -0.05) is 32.0 Å². The molecular formula is C30H30N4O7. The lowest BCUT2D eigenvalue weighted by Gasteiger charge is -2.18. The molecule has 0 saturated carbocycles. The maximum absolute atomic E-state index is 13.7. The molecule has 212 valence electrons. The topological polar surface area (TPSA) is 146 Å². The van der Waals surface area contributed by atoms with E-state index in [2.05, 4.69) is 5.10 Å². The van der Waals surface area contributed by atoms with E-state index in [1.54, 1.807) is 24.3 Å². The van der Waals surface area contributed by atoms with Crippen molar-refractivity contribution >= 4 is 28.8 Å². The van der Waals surface area contributed by atoms with Crippen LogP contribution in [0.15, 0.2) is 64.5 Å². The average Bonchev–Trinajstić information content (AvgIpc) is 2.93. The van der Waals surface area contributed by atoms with Crippen LogP contribution in [0.5, 0.6) is 11.5 Å². The molecule has 0 unspecified atom stereocenters. The molecule has 0 aliphatic rings. The smallest absolute Gasteiger partial charge is 0.344 e. The third-order valence-electron chi connectivity index (χ3n) is 6.45. The molecule has 3 aromatic carbocycles. The molecule has 4 aromatic rings. The van der Waals surface area contributed by atoms with Crippen molar-refractivity contribution in [2.75, 3.05) is 6.61 Å². The van der Waals surface area contributed by atoms with E-state index in [9.17, 15) is 24.8 Å². The summed E-state index contributed by atoms with van der Waals surface area (Å²) in [6, 6.07) is 14.8. The third kappa shape index (κ3) is 5.93. The Hall–Kier alpha value is -5.06. The highest BCUT2D eigenvalue weighted by atomic mass is 16.6. The van der Waals surface area contributed by atoms with E-state index in [0.717, 1.165) is 21.6 Å². The lowest BCUT2D eigenvalue weighted by Crippen LogP contribution is -2.24. The summed E-state index contributed by atoms with van der Waals surface area (Å²) in [6.45, 7) is 9.63. The van der Waals surface area contributed by atoms with Crippen molar-refractivity contribution in [2.24, 2.45) is 5.10 Å². The van der Waals surface area contributed by atoms with E-state index in [1.165, 1.54) is 31.3 Å². The average molecular weight is 559 g/mol. The van der Waals surface area contributed by atoms with E-state index in [1.807, 2.05) is 39.8 Å². The molecule has 0 aliphatic heterocycles. The molecule has 0 radical (unpaired) electrons. The number of rotatable bonds is 10. The number of aryl methyl sites for hydroxylation is 1. The number of nitrogens with zero attached hydrogens (tertiary/aromatic N) is 4. The van der Waals surface area contributed by atoms with Gasteiger partial charge < -0.3 is 14.6 Å². The van der Waals surface area contributed by atoms with Crippen molar-refractivity contribution in [3.63, 3.8) is 0 Å². The number of aromatic nitrogens is 2. The number of carboxylic acids is 1. The van der Waals surface area contributed by atoms with Crippen LogP contribution in [0.1, 0.15) is 50.3 Å². The first-order chi connectivity index (χ1) is 19.5. The molecule has 11 heteroatoms. The van der Waals surface area contributed by atoms with Crippen molar-refractivity contribution in [3.8, 4) is 22.9 Å². The predicted octanol–water partition coefficient (Wildman–Crippen LogP) is 5.54. The summed E-state index contributed by atoms with van der Waals surface area (Å²) >= 11 is 0. The molecule has 1 atom stereocenters. The molecule has 41 heavy (non-hydrogen) atoms. The van der Waals surface area contributed by atoms with E-state index in [4.69, 9.17) is 14.5 Å². The Kier molecular flexibility index (Phi) is 8.46. The summed E-state index contributed by atoms with van der Waals surface area (Å²) in [5.74, 6) is -0.457. The summed E-state index contributed by atoms with van der Waals surface area (Å²) < 4.78 is 12.5. The largest absolute Gasteiger partial charge is 0.494 e. The maximum atomic E-state index is 13.7. The third-order valence-corrected chi connectivity index (χ3v) is 6.45. The van der Waals surface area contributed by atoms with Gasteiger partial charge in [0.25, 0.3) is 5.56 Å².